The van der Waals surface area contributed by atoms with Gasteiger partial charge >= 0.3 is 0 Å². The lowest BCUT2D eigenvalue weighted by Crippen LogP contribution is -2.50. The maximum atomic E-state index is 12.9. The number of hydrogen-bond donors (Lipinski definition) is 1. The highest BCUT2D eigenvalue weighted by Gasteiger charge is 2.39. The Morgan fingerprint density at radius 2 is 2.10 bits per heavy atom. The molecule has 0 spiro atoms. The zero-order chi connectivity index (χ0) is 15.3. The normalized spacial score (nSPS) is 22.0. The van der Waals surface area contributed by atoms with Gasteiger partial charge in [-0.15, -0.1) is 11.8 Å². The van der Waals surface area contributed by atoms with Crippen LogP contribution in [-0.4, -0.2) is 37.2 Å². The molecular formula is C17H26N2OS. The van der Waals surface area contributed by atoms with Crippen molar-refractivity contribution in [2.75, 3.05) is 26.4 Å². The Hall–Kier alpha value is -1.00. The van der Waals surface area contributed by atoms with Gasteiger partial charge in [0.2, 0.25) is 5.91 Å². The summed E-state index contributed by atoms with van der Waals surface area (Å²) >= 11 is 1.74. The third-order valence-electron chi connectivity index (χ3n) is 4.53. The molecule has 2 rings (SSSR count). The summed E-state index contributed by atoms with van der Waals surface area (Å²) in [4.78, 5) is 16.0. The number of amides is 1. The van der Waals surface area contributed by atoms with E-state index < -0.39 is 0 Å². The molecule has 0 bridgehead atoms. The molecule has 1 unspecified atom stereocenters. The van der Waals surface area contributed by atoms with Crippen molar-refractivity contribution in [1.29, 1.82) is 0 Å². The lowest BCUT2D eigenvalue weighted by atomic mass is 9.77. The molecule has 3 nitrogen and oxygen atoms in total. The van der Waals surface area contributed by atoms with Crippen LogP contribution in [0.3, 0.4) is 0 Å². The van der Waals surface area contributed by atoms with Crippen LogP contribution in [-0.2, 0) is 11.3 Å². The quantitative estimate of drug-likeness (QED) is 0.848. The molecule has 1 aromatic carbocycles. The van der Waals surface area contributed by atoms with E-state index in [-0.39, 0.29) is 11.3 Å². The minimum absolute atomic E-state index is 0.202. The van der Waals surface area contributed by atoms with Crippen LogP contribution in [0, 0.1) is 5.41 Å². The molecule has 0 radical (unpaired) electrons. The van der Waals surface area contributed by atoms with Gasteiger partial charge in [0.15, 0.2) is 0 Å². The van der Waals surface area contributed by atoms with E-state index in [0.717, 1.165) is 32.4 Å². The number of thioether (sulfide) groups is 1. The molecule has 1 N–H and O–H groups in total. The second-order valence-electron chi connectivity index (χ2n) is 5.92. The summed E-state index contributed by atoms with van der Waals surface area (Å²) in [5.74, 6) is 0.283. The molecule has 1 heterocycles. The molecular weight excluding hydrogens is 280 g/mol. The second-order valence-corrected chi connectivity index (χ2v) is 6.80. The fourth-order valence-electron chi connectivity index (χ4n) is 3.08. The van der Waals surface area contributed by atoms with Crippen molar-refractivity contribution in [2.45, 2.75) is 37.6 Å². The molecule has 116 valence electrons. The van der Waals surface area contributed by atoms with Crippen LogP contribution >= 0.6 is 11.8 Å². The lowest BCUT2D eigenvalue weighted by molar-refractivity contribution is -0.142. The summed E-state index contributed by atoms with van der Waals surface area (Å²) in [5, 5.41) is 3.39. The number of carbonyl (C=O) groups excluding carboxylic acids is 1. The first-order chi connectivity index (χ1) is 10.1. The summed E-state index contributed by atoms with van der Waals surface area (Å²) in [6.07, 6.45) is 5.08. The van der Waals surface area contributed by atoms with Crippen molar-refractivity contribution < 1.29 is 4.79 Å². The number of nitrogens with one attached hydrogen (secondary N) is 1. The standard InChI is InChI=1S/C17H26N2OS/c1-4-17(10-5-11-18-13-17)16(20)19(2)12-14-6-8-15(21-3)9-7-14/h6-9,18H,4-5,10-13H2,1-3H3. The van der Waals surface area contributed by atoms with Crippen LogP contribution in [0.2, 0.25) is 0 Å². The minimum Gasteiger partial charge on any atom is -0.341 e. The summed E-state index contributed by atoms with van der Waals surface area (Å²) in [5.41, 5.74) is 0.991. The van der Waals surface area contributed by atoms with Gasteiger partial charge in [-0.1, -0.05) is 19.1 Å². The fourth-order valence-corrected chi connectivity index (χ4v) is 3.49. The zero-order valence-electron chi connectivity index (χ0n) is 13.3. The maximum absolute atomic E-state index is 12.9. The molecule has 1 aromatic rings. The highest BCUT2D eigenvalue weighted by Crippen LogP contribution is 2.32. The number of piperidine rings is 1. The van der Waals surface area contributed by atoms with Crippen molar-refractivity contribution in [2.24, 2.45) is 5.41 Å². The average Bonchev–Trinajstić information content (AvgIpc) is 2.55. The first-order valence-corrected chi connectivity index (χ1v) is 8.93. The SMILES string of the molecule is CCC1(C(=O)N(C)Cc2ccc(SC)cc2)CCCNC1. The Morgan fingerprint density at radius 3 is 2.62 bits per heavy atom. The predicted molar refractivity (Wildman–Crippen MR) is 89.5 cm³/mol. The van der Waals surface area contributed by atoms with Crippen LogP contribution in [0.1, 0.15) is 31.7 Å². The van der Waals surface area contributed by atoms with Crippen molar-refractivity contribution >= 4 is 17.7 Å². The largest absolute Gasteiger partial charge is 0.341 e. The van der Waals surface area contributed by atoms with E-state index in [1.165, 1.54) is 10.5 Å². The van der Waals surface area contributed by atoms with E-state index in [2.05, 4.69) is 42.8 Å². The first kappa shape index (κ1) is 16.4. The highest BCUT2D eigenvalue weighted by atomic mass is 32.2. The zero-order valence-corrected chi connectivity index (χ0v) is 14.1. The second kappa shape index (κ2) is 7.32. The molecule has 0 aliphatic carbocycles. The Bertz CT molecular complexity index is 466. The Kier molecular flexibility index (Phi) is 5.71. The first-order valence-electron chi connectivity index (χ1n) is 7.70. The van der Waals surface area contributed by atoms with Gasteiger partial charge in [0.05, 0.1) is 5.41 Å². The third kappa shape index (κ3) is 3.80. The summed E-state index contributed by atoms with van der Waals surface area (Å²) < 4.78 is 0. The van der Waals surface area contributed by atoms with Gasteiger partial charge in [-0.05, 0) is 49.8 Å². The minimum atomic E-state index is -0.202. The molecule has 0 saturated carbocycles. The highest BCUT2D eigenvalue weighted by molar-refractivity contribution is 7.98. The average molecular weight is 306 g/mol. The van der Waals surface area contributed by atoms with E-state index in [4.69, 9.17) is 0 Å². The molecule has 1 atom stereocenters. The summed E-state index contributed by atoms with van der Waals surface area (Å²) in [6, 6.07) is 8.48. The van der Waals surface area contributed by atoms with E-state index in [1.54, 1.807) is 11.8 Å². The van der Waals surface area contributed by atoms with Crippen molar-refractivity contribution in [3.63, 3.8) is 0 Å². The van der Waals surface area contributed by atoms with Crippen molar-refractivity contribution in [3.8, 4) is 0 Å². The number of benzene rings is 1. The Morgan fingerprint density at radius 1 is 1.38 bits per heavy atom. The smallest absolute Gasteiger partial charge is 0.230 e. The topological polar surface area (TPSA) is 32.3 Å². The number of carbonyl (C=O) groups is 1. The van der Waals surface area contributed by atoms with Crippen LogP contribution in [0.4, 0.5) is 0 Å². The van der Waals surface area contributed by atoms with Gasteiger partial charge in [-0.3, -0.25) is 4.79 Å². The predicted octanol–water partition coefficient (Wildman–Crippen LogP) is 3.15. The number of rotatable bonds is 5. The molecule has 0 aromatic heterocycles. The van der Waals surface area contributed by atoms with Gasteiger partial charge in [-0.2, -0.15) is 0 Å². The molecule has 4 heteroatoms. The van der Waals surface area contributed by atoms with E-state index >= 15 is 0 Å². The molecule has 1 saturated heterocycles. The van der Waals surface area contributed by atoms with Gasteiger partial charge < -0.3 is 10.2 Å². The van der Waals surface area contributed by atoms with Crippen LogP contribution in [0.25, 0.3) is 0 Å². The molecule has 1 aliphatic rings. The van der Waals surface area contributed by atoms with Crippen molar-refractivity contribution in [3.05, 3.63) is 29.8 Å². The maximum Gasteiger partial charge on any atom is 0.230 e. The van der Waals surface area contributed by atoms with E-state index in [0.29, 0.717) is 6.54 Å². The summed E-state index contributed by atoms with van der Waals surface area (Å²) in [7, 11) is 1.93. The molecule has 1 amide bonds. The number of nitrogens with zero attached hydrogens (tertiary/aromatic N) is 1. The van der Waals surface area contributed by atoms with Gasteiger partial charge in [-0.25, -0.2) is 0 Å². The van der Waals surface area contributed by atoms with Crippen LogP contribution in [0.5, 0.6) is 0 Å². The van der Waals surface area contributed by atoms with Crippen LogP contribution in [0.15, 0.2) is 29.2 Å². The fraction of sp³-hybridized carbons (Fsp3) is 0.588. The van der Waals surface area contributed by atoms with Gasteiger partial charge in [0.25, 0.3) is 0 Å². The van der Waals surface area contributed by atoms with Gasteiger partial charge in [0.1, 0.15) is 0 Å². The Balaban J connectivity index is 2.03. The van der Waals surface area contributed by atoms with E-state index in [1.807, 2.05) is 11.9 Å². The summed E-state index contributed by atoms with van der Waals surface area (Å²) in [6.45, 7) is 4.67. The Labute approximate surface area is 132 Å². The molecule has 1 aliphatic heterocycles. The lowest BCUT2D eigenvalue weighted by Gasteiger charge is -2.38. The van der Waals surface area contributed by atoms with Crippen LogP contribution < -0.4 is 5.32 Å². The van der Waals surface area contributed by atoms with E-state index in [9.17, 15) is 4.79 Å². The third-order valence-corrected chi connectivity index (χ3v) is 5.27. The molecule has 1 fully saturated rings. The van der Waals surface area contributed by atoms with Crippen molar-refractivity contribution in [1.82, 2.24) is 10.2 Å². The molecule has 21 heavy (non-hydrogen) atoms. The number of hydrogen-bond acceptors (Lipinski definition) is 3. The van der Waals surface area contributed by atoms with Gasteiger partial charge in [0, 0.05) is 25.0 Å². The monoisotopic (exact) mass is 306 g/mol.